The van der Waals surface area contributed by atoms with E-state index in [1.165, 1.54) is 10.8 Å². The summed E-state index contributed by atoms with van der Waals surface area (Å²) in [7, 11) is -2.94. The van der Waals surface area contributed by atoms with Gasteiger partial charge < -0.3 is 37.2 Å². The lowest BCUT2D eigenvalue weighted by molar-refractivity contribution is -0.538. The molecule has 3 amide bonds. The average Bonchev–Trinajstić information content (AvgIpc) is 3.23. The van der Waals surface area contributed by atoms with Crippen LogP contribution in [0.4, 0.5) is 4.79 Å². The maximum atomic E-state index is 13.9. The number of nitrogens with one attached hydrogen (secondary N) is 2. The molecule has 3 aliphatic heterocycles. The Kier molecular flexibility index (Phi) is 12.3. The minimum absolute atomic E-state index is 0.0788. The molecule has 43 heavy (non-hydrogen) atoms. The molecule has 2 N–H and O–H groups in total. The number of hydrogen-bond donors (Lipinski definition) is 2. The van der Waals surface area contributed by atoms with Gasteiger partial charge in [-0.3, -0.25) is 9.88 Å². The first kappa shape index (κ1) is 36.4. The van der Waals surface area contributed by atoms with Crippen LogP contribution in [0.3, 0.4) is 0 Å². The fraction of sp³-hybridized carbons (Fsp3) is 0.889. The van der Waals surface area contributed by atoms with Crippen molar-refractivity contribution in [2.75, 3.05) is 53.4 Å². The number of rotatable bonds is 13. The van der Waals surface area contributed by atoms with Crippen LogP contribution in [0.5, 0.6) is 0 Å². The fourth-order valence-electron chi connectivity index (χ4n) is 4.81. The first-order valence-corrected chi connectivity index (χ1v) is 19.5. The Bertz CT molecular complexity index is 1060. The lowest BCUT2D eigenvalue weighted by Gasteiger charge is -2.42. The molecule has 0 aromatic carbocycles. The number of imide groups is 1. The highest BCUT2D eigenvalue weighted by molar-refractivity contribution is 7.53. The summed E-state index contributed by atoms with van der Waals surface area (Å²) in [6.07, 6.45) is -4.34. The van der Waals surface area contributed by atoms with E-state index in [1.54, 1.807) is 34.9 Å². The quantitative estimate of drug-likeness (QED) is 0.130. The second-order valence-corrected chi connectivity index (χ2v) is 19.4. The van der Waals surface area contributed by atoms with Crippen LogP contribution in [0, 0.1) is 0 Å². The van der Waals surface area contributed by atoms with Crippen LogP contribution in [0.2, 0.25) is 18.1 Å². The summed E-state index contributed by atoms with van der Waals surface area (Å²) in [4.78, 5) is 26.1. The number of amides is 3. The van der Waals surface area contributed by atoms with Crippen LogP contribution in [0.25, 0.3) is 0 Å². The molecule has 3 rings (SSSR count). The van der Waals surface area contributed by atoms with Gasteiger partial charge >= 0.3 is 19.5 Å². The van der Waals surface area contributed by atoms with E-state index in [-0.39, 0.29) is 44.2 Å². The molecule has 4 bridgehead atoms. The minimum atomic E-state index is -3.67. The van der Waals surface area contributed by atoms with Crippen molar-refractivity contribution in [2.45, 2.75) is 102 Å². The van der Waals surface area contributed by atoms with Gasteiger partial charge in [-0.15, -0.1) is 0 Å². The van der Waals surface area contributed by atoms with Crippen molar-refractivity contribution < 1.29 is 55.9 Å². The molecule has 0 aromatic rings. The van der Waals surface area contributed by atoms with Gasteiger partial charge in [0, 0.05) is 7.11 Å². The van der Waals surface area contributed by atoms with Gasteiger partial charge in [-0.2, -0.15) is 14.7 Å². The Labute approximate surface area is 256 Å². The highest BCUT2D eigenvalue weighted by atomic mass is 31.2. The number of likely N-dealkylation sites (N-methyl/N-ethyl adjacent to an activating group) is 1. The van der Waals surface area contributed by atoms with E-state index in [0.717, 1.165) is 0 Å². The zero-order valence-electron chi connectivity index (χ0n) is 27.2. The van der Waals surface area contributed by atoms with E-state index in [4.69, 9.17) is 37.2 Å². The predicted molar refractivity (Wildman–Crippen MR) is 160 cm³/mol. The van der Waals surface area contributed by atoms with Crippen molar-refractivity contribution in [1.29, 1.82) is 0 Å². The molecule has 2 unspecified atom stereocenters. The molecule has 1 saturated heterocycles. The lowest BCUT2D eigenvalue weighted by atomic mass is 10.1. The molecule has 1 fully saturated rings. The molecule has 248 valence electrons. The molecule has 0 spiro atoms. The van der Waals surface area contributed by atoms with Crippen LogP contribution >= 0.6 is 7.60 Å². The third-order valence-corrected chi connectivity index (χ3v) is 14.8. The molecule has 0 radical (unpaired) electrons. The molecule has 7 atom stereocenters. The molecule has 14 nitrogen and oxygen atoms in total. The van der Waals surface area contributed by atoms with Gasteiger partial charge in [0.1, 0.15) is 24.1 Å². The zero-order chi connectivity index (χ0) is 32.2. The van der Waals surface area contributed by atoms with Crippen molar-refractivity contribution in [2.24, 2.45) is 0 Å². The average molecular weight is 653 g/mol. The maximum Gasteiger partial charge on any atom is 0.500 e. The molecular formula is C27H51N3O11PSi+. The number of hydrogen-bond acceptors (Lipinski definition) is 12. The Morgan fingerprint density at radius 1 is 1.16 bits per heavy atom. The predicted octanol–water partition coefficient (Wildman–Crippen LogP) is 2.45. The summed E-state index contributed by atoms with van der Waals surface area (Å²) >= 11 is 0. The third kappa shape index (κ3) is 8.58. The highest BCUT2D eigenvalue weighted by Crippen LogP contribution is 2.51. The highest BCUT2D eigenvalue weighted by Gasteiger charge is 2.59. The number of ether oxygens (including phenoxy) is 5. The molecule has 0 aliphatic carbocycles. The second kappa shape index (κ2) is 14.5. The van der Waals surface area contributed by atoms with Gasteiger partial charge in [-0.1, -0.05) is 20.8 Å². The summed E-state index contributed by atoms with van der Waals surface area (Å²) < 4.78 is 64.3. The Hall–Kier alpha value is -1.10. The van der Waals surface area contributed by atoms with Crippen LogP contribution in [-0.4, -0.2) is 127 Å². The number of fused-ring (bicyclic) bond motifs is 4. The van der Waals surface area contributed by atoms with Crippen LogP contribution < -0.4 is 10.6 Å². The van der Waals surface area contributed by atoms with Crippen LogP contribution in [0.1, 0.15) is 41.5 Å². The van der Waals surface area contributed by atoms with E-state index >= 15 is 0 Å². The van der Waals surface area contributed by atoms with E-state index in [0.29, 0.717) is 0 Å². The fourth-order valence-corrected chi connectivity index (χ4v) is 7.94. The van der Waals surface area contributed by atoms with Crippen molar-refractivity contribution in [3.8, 4) is 0 Å². The summed E-state index contributed by atoms with van der Waals surface area (Å²) in [6.45, 7) is 16.5. The number of carbonyl (C=O) groups is 2. The molecule has 16 heteroatoms. The smallest absolute Gasteiger partial charge is 0.408 e. The number of carbonyl (C=O) groups excluding carboxylic acids is 2. The van der Waals surface area contributed by atoms with Gasteiger partial charge in [0.25, 0.3) is 0 Å². The number of methoxy groups -OCH3 is 1. The first-order chi connectivity index (χ1) is 20.0. The molecular weight excluding hydrogens is 601 g/mol. The SMILES string of the molecule is CCOP(=O)(C[C@@H]1OCC(C)(NC)OC2C=[N+](C(=O)NC2=O)[C@@H]2O[C@H]1[C@@H](O[Si](C)(C)C(C)(C)C)[C@H]2OCCOC)OCC. The van der Waals surface area contributed by atoms with Crippen LogP contribution in [-0.2, 0) is 46.5 Å². The van der Waals surface area contributed by atoms with Gasteiger partial charge in [-0.05, 0) is 46.0 Å². The molecule has 0 saturated carbocycles. The van der Waals surface area contributed by atoms with Crippen molar-refractivity contribution in [3.63, 3.8) is 0 Å². The van der Waals surface area contributed by atoms with Crippen molar-refractivity contribution >= 4 is 34.1 Å². The normalized spacial score (nSPS) is 32.3. The van der Waals surface area contributed by atoms with Crippen LogP contribution in [0.15, 0.2) is 0 Å². The minimum Gasteiger partial charge on any atom is -0.408 e. The third-order valence-electron chi connectivity index (χ3n) is 8.26. The monoisotopic (exact) mass is 652 g/mol. The maximum absolute atomic E-state index is 13.9. The Morgan fingerprint density at radius 2 is 1.81 bits per heavy atom. The Balaban J connectivity index is 2.22. The van der Waals surface area contributed by atoms with Crippen molar-refractivity contribution in [1.82, 2.24) is 10.6 Å². The van der Waals surface area contributed by atoms with E-state index in [2.05, 4.69) is 44.5 Å². The topological polar surface area (TPSA) is 152 Å². The van der Waals surface area contributed by atoms with Gasteiger partial charge in [0.05, 0.1) is 45.3 Å². The summed E-state index contributed by atoms with van der Waals surface area (Å²) in [5, 5.41) is 5.23. The van der Waals surface area contributed by atoms with Gasteiger partial charge in [-0.25, -0.2) is 4.79 Å². The summed E-state index contributed by atoms with van der Waals surface area (Å²) in [6, 6.07) is -0.695. The zero-order valence-corrected chi connectivity index (χ0v) is 29.1. The first-order valence-electron chi connectivity index (χ1n) is 14.8. The number of urea groups is 1. The number of nitrogens with zero attached hydrogens (tertiary/aromatic N) is 1. The molecule has 3 heterocycles. The Morgan fingerprint density at radius 3 is 2.37 bits per heavy atom. The molecule has 3 aliphatic rings. The molecule has 0 aromatic heterocycles. The van der Waals surface area contributed by atoms with Gasteiger partial charge in [0.2, 0.25) is 12.3 Å². The van der Waals surface area contributed by atoms with E-state index < -0.39 is 70.3 Å². The lowest BCUT2D eigenvalue weighted by Crippen LogP contribution is -2.61. The van der Waals surface area contributed by atoms with E-state index in [9.17, 15) is 14.2 Å². The standard InChI is InChI=1S/C27H50N3O11PSi/c1-11-37-42(33,38-12-2)16-19-20-21(41-43(9,10)26(3,4)5)22(35-14-13-34-8)24(39-20)30-15-18(23(31)29-25(30)32)40-27(6,28-7)17-36-19/h15,18-22,24,28H,11-14,16-17H2,1-10H3/p+1/t18?,19-,20+,21+,22+,24+,27?/m0/s1. The largest absolute Gasteiger partial charge is 0.500 e. The van der Waals surface area contributed by atoms with Crippen molar-refractivity contribution in [3.05, 3.63) is 0 Å². The summed E-state index contributed by atoms with van der Waals surface area (Å²) in [5.74, 6) is -0.629. The van der Waals surface area contributed by atoms with Gasteiger partial charge in [0.15, 0.2) is 14.4 Å². The van der Waals surface area contributed by atoms with E-state index in [1.807, 2.05) is 0 Å². The summed E-state index contributed by atoms with van der Waals surface area (Å²) in [5.41, 5.74) is -1.18. The second-order valence-electron chi connectivity index (χ2n) is 12.5.